The Morgan fingerprint density at radius 2 is 2.03 bits per heavy atom. The number of benzene rings is 1. The first-order valence-corrected chi connectivity index (χ1v) is 9.35. The molecule has 0 bridgehead atoms. The summed E-state index contributed by atoms with van der Waals surface area (Å²) in [5.41, 5.74) is 2.20. The summed E-state index contributed by atoms with van der Waals surface area (Å²) in [4.78, 5) is 15.1. The Bertz CT molecular complexity index is 1020. The summed E-state index contributed by atoms with van der Waals surface area (Å²) >= 11 is 0. The molecule has 2 atom stereocenters. The Balaban J connectivity index is 1.72. The molecule has 1 aromatic carbocycles. The lowest BCUT2D eigenvalue weighted by Gasteiger charge is -2.41. The van der Waals surface area contributed by atoms with Gasteiger partial charge in [0.05, 0.1) is 39.0 Å². The Morgan fingerprint density at radius 3 is 2.79 bits per heavy atom. The van der Waals surface area contributed by atoms with Gasteiger partial charge in [-0.15, -0.1) is 0 Å². The van der Waals surface area contributed by atoms with E-state index >= 15 is 0 Å². The molecule has 8 heteroatoms. The van der Waals surface area contributed by atoms with Crippen LogP contribution in [0, 0.1) is 0 Å². The molecule has 3 heterocycles. The van der Waals surface area contributed by atoms with Gasteiger partial charge in [-0.3, -0.25) is 4.79 Å². The van der Waals surface area contributed by atoms with Crippen molar-refractivity contribution >= 4 is 11.4 Å². The highest BCUT2D eigenvalue weighted by atomic mass is 16.5. The molecule has 1 saturated heterocycles. The number of methoxy groups -OCH3 is 2. The van der Waals surface area contributed by atoms with Crippen LogP contribution in [0.25, 0.3) is 5.52 Å². The quantitative estimate of drug-likeness (QED) is 0.708. The van der Waals surface area contributed by atoms with E-state index in [1.54, 1.807) is 48.2 Å². The van der Waals surface area contributed by atoms with Crippen molar-refractivity contribution in [2.75, 3.05) is 34.0 Å². The van der Waals surface area contributed by atoms with Crippen LogP contribution < -0.4 is 9.47 Å². The standard InChI is InChI=1S/C21H23N3O5/c1-27-17-4-3-14(12-18(17)28-2)20-19(13-25)29-10-9-23(20)21(26)15-6-8-24-16(11-15)5-7-22-24/h3-8,11-12,19-20,25H,9-10,13H2,1-2H3/t19-,20-/m0/s1. The molecule has 2 aromatic heterocycles. The first-order chi connectivity index (χ1) is 14.2. The molecule has 152 valence electrons. The molecule has 0 unspecified atom stereocenters. The summed E-state index contributed by atoms with van der Waals surface area (Å²) < 4.78 is 18.2. The first-order valence-electron chi connectivity index (χ1n) is 9.35. The van der Waals surface area contributed by atoms with Crippen molar-refractivity contribution < 1.29 is 24.1 Å². The van der Waals surface area contributed by atoms with Gasteiger partial charge in [0, 0.05) is 24.5 Å². The monoisotopic (exact) mass is 397 g/mol. The number of rotatable bonds is 5. The summed E-state index contributed by atoms with van der Waals surface area (Å²) in [7, 11) is 3.13. The van der Waals surface area contributed by atoms with Crippen LogP contribution in [0.3, 0.4) is 0 Å². The Hall–Kier alpha value is -3.10. The van der Waals surface area contributed by atoms with Crippen molar-refractivity contribution in [2.24, 2.45) is 0 Å². The number of pyridine rings is 1. The van der Waals surface area contributed by atoms with Gasteiger partial charge in [-0.2, -0.15) is 5.10 Å². The Morgan fingerprint density at radius 1 is 1.21 bits per heavy atom. The molecular formula is C21H23N3O5. The molecule has 1 fully saturated rings. The lowest BCUT2D eigenvalue weighted by molar-refractivity contribution is -0.0811. The zero-order valence-electron chi connectivity index (χ0n) is 16.3. The SMILES string of the molecule is COc1ccc([C@H]2[C@H](CO)OCCN2C(=O)c2ccn3nccc3c2)cc1OC. The van der Waals surface area contributed by atoms with Crippen LogP contribution in [0.15, 0.2) is 48.8 Å². The van der Waals surface area contributed by atoms with E-state index in [4.69, 9.17) is 14.2 Å². The number of hydrogen-bond donors (Lipinski definition) is 1. The van der Waals surface area contributed by atoms with Crippen molar-refractivity contribution in [2.45, 2.75) is 12.1 Å². The second-order valence-corrected chi connectivity index (χ2v) is 6.77. The summed E-state index contributed by atoms with van der Waals surface area (Å²) in [5.74, 6) is 1.02. The van der Waals surface area contributed by atoms with E-state index in [-0.39, 0.29) is 12.5 Å². The number of carbonyl (C=O) groups excluding carboxylic acids is 1. The van der Waals surface area contributed by atoms with E-state index < -0.39 is 12.1 Å². The topological polar surface area (TPSA) is 85.5 Å². The van der Waals surface area contributed by atoms with Crippen LogP contribution in [-0.2, 0) is 4.74 Å². The highest BCUT2D eigenvalue weighted by molar-refractivity contribution is 5.95. The molecule has 3 aromatic rings. The Labute approximate surface area is 168 Å². The van der Waals surface area contributed by atoms with Crippen LogP contribution in [-0.4, -0.2) is 65.6 Å². The minimum absolute atomic E-state index is 0.129. The van der Waals surface area contributed by atoms with E-state index in [1.165, 1.54) is 0 Å². The summed E-state index contributed by atoms with van der Waals surface area (Å²) in [6.45, 7) is 0.568. The van der Waals surface area contributed by atoms with E-state index in [9.17, 15) is 9.90 Å². The summed E-state index contributed by atoms with van der Waals surface area (Å²) in [5, 5.41) is 14.1. The van der Waals surface area contributed by atoms with E-state index in [0.29, 0.717) is 30.2 Å². The number of aliphatic hydroxyl groups excluding tert-OH is 1. The number of carbonyl (C=O) groups is 1. The molecule has 0 spiro atoms. The van der Waals surface area contributed by atoms with E-state index in [0.717, 1.165) is 11.1 Å². The van der Waals surface area contributed by atoms with Gasteiger partial charge in [-0.1, -0.05) is 6.07 Å². The third kappa shape index (κ3) is 3.52. The first kappa shape index (κ1) is 19.2. The largest absolute Gasteiger partial charge is 0.493 e. The predicted octanol–water partition coefficient (Wildman–Crippen LogP) is 1.93. The smallest absolute Gasteiger partial charge is 0.254 e. The summed E-state index contributed by atoms with van der Waals surface area (Å²) in [6.07, 6.45) is 2.91. The molecule has 0 saturated carbocycles. The fraction of sp³-hybridized carbons (Fsp3) is 0.333. The minimum atomic E-state index is -0.538. The number of amides is 1. The van der Waals surface area contributed by atoms with Gasteiger partial charge in [0.15, 0.2) is 11.5 Å². The lowest BCUT2D eigenvalue weighted by Crippen LogP contribution is -2.49. The van der Waals surface area contributed by atoms with Gasteiger partial charge in [0.25, 0.3) is 5.91 Å². The molecule has 1 amide bonds. The molecule has 1 N–H and O–H groups in total. The highest BCUT2D eigenvalue weighted by Crippen LogP contribution is 2.36. The third-order valence-corrected chi connectivity index (χ3v) is 5.19. The average Bonchev–Trinajstić information content (AvgIpc) is 3.25. The predicted molar refractivity (Wildman–Crippen MR) is 105 cm³/mol. The van der Waals surface area contributed by atoms with Gasteiger partial charge >= 0.3 is 0 Å². The maximum atomic E-state index is 13.4. The van der Waals surface area contributed by atoms with Gasteiger partial charge < -0.3 is 24.2 Å². The van der Waals surface area contributed by atoms with Crippen LogP contribution >= 0.6 is 0 Å². The van der Waals surface area contributed by atoms with Crippen molar-refractivity contribution in [3.8, 4) is 11.5 Å². The molecule has 0 aliphatic carbocycles. The molecule has 29 heavy (non-hydrogen) atoms. The van der Waals surface area contributed by atoms with Crippen molar-refractivity contribution in [1.29, 1.82) is 0 Å². The molecule has 1 aliphatic heterocycles. The normalized spacial score (nSPS) is 19.3. The second kappa shape index (κ2) is 8.10. The molecule has 0 radical (unpaired) electrons. The van der Waals surface area contributed by atoms with Crippen LogP contribution in [0.4, 0.5) is 0 Å². The number of hydrogen-bond acceptors (Lipinski definition) is 6. The number of aliphatic hydroxyl groups is 1. The third-order valence-electron chi connectivity index (χ3n) is 5.19. The van der Waals surface area contributed by atoms with Gasteiger partial charge in [0.2, 0.25) is 0 Å². The number of ether oxygens (including phenoxy) is 3. The second-order valence-electron chi connectivity index (χ2n) is 6.77. The maximum Gasteiger partial charge on any atom is 0.254 e. The van der Waals surface area contributed by atoms with Crippen molar-refractivity contribution in [3.05, 3.63) is 59.9 Å². The number of morpholine rings is 1. The highest BCUT2D eigenvalue weighted by Gasteiger charge is 2.37. The van der Waals surface area contributed by atoms with E-state index in [1.807, 2.05) is 24.3 Å². The number of nitrogens with zero attached hydrogens (tertiary/aromatic N) is 3. The molecule has 4 rings (SSSR count). The van der Waals surface area contributed by atoms with Crippen LogP contribution in [0.5, 0.6) is 11.5 Å². The zero-order valence-corrected chi connectivity index (χ0v) is 16.3. The van der Waals surface area contributed by atoms with Gasteiger partial charge in [0.1, 0.15) is 6.10 Å². The minimum Gasteiger partial charge on any atom is -0.493 e. The van der Waals surface area contributed by atoms with E-state index in [2.05, 4.69) is 5.10 Å². The molecular weight excluding hydrogens is 374 g/mol. The molecule has 8 nitrogen and oxygen atoms in total. The number of fused-ring (bicyclic) bond motifs is 1. The number of aromatic nitrogens is 2. The Kier molecular flexibility index (Phi) is 5.37. The van der Waals surface area contributed by atoms with Crippen LogP contribution in [0.2, 0.25) is 0 Å². The fourth-order valence-corrected chi connectivity index (χ4v) is 3.77. The fourth-order valence-electron chi connectivity index (χ4n) is 3.77. The van der Waals surface area contributed by atoms with Gasteiger partial charge in [-0.05, 0) is 35.9 Å². The zero-order chi connectivity index (χ0) is 20.4. The maximum absolute atomic E-state index is 13.4. The average molecular weight is 397 g/mol. The summed E-state index contributed by atoms with van der Waals surface area (Å²) in [6, 6.07) is 10.4. The van der Waals surface area contributed by atoms with Gasteiger partial charge in [-0.25, -0.2) is 4.52 Å². The van der Waals surface area contributed by atoms with Crippen molar-refractivity contribution in [1.82, 2.24) is 14.5 Å². The molecule has 1 aliphatic rings. The van der Waals surface area contributed by atoms with Crippen molar-refractivity contribution in [3.63, 3.8) is 0 Å². The lowest BCUT2D eigenvalue weighted by atomic mass is 9.97. The van der Waals surface area contributed by atoms with Crippen LogP contribution in [0.1, 0.15) is 22.0 Å².